The largest absolute Gasteiger partial charge is 0.573 e. The summed E-state index contributed by atoms with van der Waals surface area (Å²) in [5.41, 5.74) is -0.542. The van der Waals surface area contributed by atoms with Gasteiger partial charge in [0.15, 0.2) is 0 Å². The lowest BCUT2D eigenvalue weighted by Gasteiger charge is -2.42. The molecule has 0 radical (unpaired) electrons. The second-order valence-electron chi connectivity index (χ2n) is 6.41. The molecule has 1 heterocycles. The molecule has 0 bridgehead atoms. The molecular weight excluding hydrogens is 339 g/mol. The SMILES string of the molecule is CCC[C@]1(C(=O)O)CCN(Cc2cccc(OC(F)(F)F)c2)C[C@H]1O. The maximum absolute atomic E-state index is 12.3. The molecule has 0 spiro atoms. The second kappa shape index (κ2) is 7.61. The Bertz CT molecular complexity index is 608. The van der Waals surface area contributed by atoms with E-state index in [-0.39, 0.29) is 12.3 Å². The van der Waals surface area contributed by atoms with E-state index in [0.717, 1.165) is 0 Å². The number of aliphatic hydroxyl groups is 1. The highest BCUT2D eigenvalue weighted by Crippen LogP contribution is 2.37. The summed E-state index contributed by atoms with van der Waals surface area (Å²) in [4.78, 5) is 13.5. The average molecular weight is 361 g/mol. The molecule has 0 aliphatic carbocycles. The van der Waals surface area contributed by atoms with Crippen molar-refractivity contribution in [3.8, 4) is 5.75 Å². The Hall–Kier alpha value is -1.80. The van der Waals surface area contributed by atoms with Crippen LogP contribution in [-0.4, -0.2) is 46.6 Å². The summed E-state index contributed by atoms with van der Waals surface area (Å²) in [6.45, 7) is 2.80. The number of benzene rings is 1. The van der Waals surface area contributed by atoms with Gasteiger partial charge >= 0.3 is 12.3 Å². The van der Waals surface area contributed by atoms with Crippen molar-refractivity contribution in [3.05, 3.63) is 29.8 Å². The molecule has 8 heteroatoms. The van der Waals surface area contributed by atoms with Crippen LogP contribution in [0.3, 0.4) is 0 Å². The van der Waals surface area contributed by atoms with Crippen molar-refractivity contribution >= 4 is 5.97 Å². The standard InChI is InChI=1S/C17H22F3NO4/c1-2-6-16(15(23)24)7-8-21(11-14(16)22)10-12-4-3-5-13(9-12)25-17(18,19)20/h3-5,9,14,22H,2,6-8,10-11H2,1H3,(H,23,24)/t14-,16+/m1/s1. The molecule has 1 aliphatic rings. The van der Waals surface area contributed by atoms with Gasteiger partial charge in [-0.3, -0.25) is 9.69 Å². The van der Waals surface area contributed by atoms with Gasteiger partial charge in [0.2, 0.25) is 0 Å². The molecule has 1 aliphatic heterocycles. The van der Waals surface area contributed by atoms with Gasteiger partial charge in [0.1, 0.15) is 5.75 Å². The molecule has 1 saturated heterocycles. The monoisotopic (exact) mass is 361 g/mol. The van der Waals surface area contributed by atoms with Gasteiger partial charge < -0.3 is 14.9 Å². The van der Waals surface area contributed by atoms with E-state index in [1.807, 2.05) is 11.8 Å². The van der Waals surface area contributed by atoms with Crippen molar-refractivity contribution in [2.24, 2.45) is 5.41 Å². The molecular formula is C17H22F3NO4. The van der Waals surface area contributed by atoms with Crippen LogP contribution in [0.5, 0.6) is 5.75 Å². The van der Waals surface area contributed by atoms with Gasteiger partial charge in [-0.2, -0.15) is 0 Å². The Morgan fingerprint density at radius 2 is 2.16 bits per heavy atom. The molecule has 1 aromatic carbocycles. The minimum absolute atomic E-state index is 0.163. The number of likely N-dealkylation sites (tertiary alicyclic amines) is 1. The molecule has 0 unspecified atom stereocenters. The van der Waals surface area contributed by atoms with Crippen molar-refractivity contribution in [1.82, 2.24) is 4.90 Å². The van der Waals surface area contributed by atoms with E-state index in [2.05, 4.69) is 4.74 Å². The van der Waals surface area contributed by atoms with Crippen molar-refractivity contribution in [3.63, 3.8) is 0 Å². The third-order valence-electron chi connectivity index (χ3n) is 4.60. The van der Waals surface area contributed by atoms with E-state index in [0.29, 0.717) is 37.9 Å². The van der Waals surface area contributed by atoms with Crippen LogP contribution in [0.1, 0.15) is 31.7 Å². The number of carbonyl (C=O) groups is 1. The van der Waals surface area contributed by atoms with E-state index in [1.54, 1.807) is 6.07 Å². The maximum Gasteiger partial charge on any atom is 0.573 e. The number of aliphatic carboxylic acids is 1. The number of alkyl halides is 3. The Morgan fingerprint density at radius 1 is 1.44 bits per heavy atom. The number of carboxylic acid groups (broad SMARTS) is 1. The summed E-state index contributed by atoms with van der Waals surface area (Å²) in [5, 5.41) is 19.9. The predicted octanol–water partition coefficient (Wildman–Crippen LogP) is 3.02. The van der Waals surface area contributed by atoms with E-state index in [4.69, 9.17) is 0 Å². The van der Waals surface area contributed by atoms with Gasteiger partial charge in [0.25, 0.3) is 0 Å². The number of hydrogen-bond donors (Lipinski definition) is 2. The first kappa shape index (κ1) is 19.5. The van der Waals surface area contributed by atoms with E-state index >= 15 is 0 Å². The highest BCUT2D eigenvalue weighted by molar-refractivity contribution is 5.75. The number of rotatable bonds is 6. The molecule has 0 saturated carbocycles. The number of hydrogen-bond acceptors (Lipinski definition) is 4. The fourth-order valence-corrected chi connectivity index (χ4v) is 3.37. The molecule has 1 fully saturated rings. The highest BCUT2D eigenvalue weighted by Gasteiger charge is 2.47. The Kier molecular flexibility index (Phi) is 5.95. The van der Waals surface area contributed by atoms with Gasteiger partial charge in [-0.1, -0.05) is 25.5 Å². The molecule has 0 aromatic heterocycles. The van der Waals surface area contributed by atoms with Crippen LogP contribution in [0.2, 0.25) is 0 Å². The molecule has 2 N–H and O–H groups in total. The molecule has 2 rings (SSSR count). The number of halogens is 3. The van der Waals surface area contributed by atoms with Gasteiger partial charge in [-0.25, -0.2) is 0 Å². The molecule has 25 heavy (non-hydrogen) atoms. The van der Waals surface area contributed by atoms with Gasteiger partial charge in [0, 0.05) is 13.1 Å². The number of nitrogens with zero attached hydrogens (tertiary/aromatic N) is 1. The second-order valence-corrected chi connectivity index (χ2v) is 6.41. The quantitative estimate of drug-likeness (QED) is 0.815. The van der Waals surface area contributed by atoms with Crippen LogP contribution in [0.4, 0.5) is 13.2 Å². The average Bonchev–Trinajstić information content (AvgIpc) is 2.48. The minimum Gasteiger partial charge on any atom is -0.481 e. The van der Waals surface area contributed by atoms with Gasteiger partial charge in [-0.15, -0.1) is 13.2 Å². The lowest BCUT2D eigenvalue weighted by molar-refractivity contribution is -0.274. The maximum atomic E-state index is 12.3. The van der Waals surface area contributed by atoms with Crippen molar-refractivity contribution in [1.29, 1.82) is 0 Å². The predicted molar refractivity (Wildman–Crippen MR) is 84.0 cm³/mol. The van der Waals surface area contributed by atoms with Crippen LogP contribution < -0.4 is 4.74 Å². The summed E-state index contributed by atoms with van der Waals surface area (Å²) >= 11 is 0. The van der Waals surface area contributed by atoms with Gasteiger partial charge in [0.05, 0.1) is 11.5 Å². The van der Waals surface area contributed by atoms with Crippen LogP contribution in [0.25, 0.3) is 0 Å². The number of β-amino-alcohol motifs (C(OH)–C–C–N with tert-alkyl or cyclic N) is 1. The zero-order valence-corrected chi connectivity index (χ0v) is 13.9. The first-order valence-corrected chi connectivity index (χ1v) is 8.15. The van der Waals surface area contributed by atoms with Crippen molar-refractivity contribution < 1.29 is 32.9 Å². The van der Waals surface area contributed by atoms with E-state index in [9.17, 15) is 28.2 Å². The zero-order chi connectivity index (χ0) is 18.7. The minimum atomic E-state index is -4.75. The Labute approximate surface area is 144 Å². The first-order valence-electron chi connectivity index (χ1n) is 8.15. The zero-order valence-electron chi connectivity index (χ0n) is 13.9. The van der Waals surface area contributed by atoms with Crippen molar-refractivity contribution in [2.75, 3.05) is 13.1 Å². The number of carboxylic acids is 1. The fourth-order valence-electron chi connectivity index (χ4n) is 3.37. The Morgan fingerprint density at radius 3 is 2.72 bits per heavy atom. The summed E-state index contributed by atoms with van der Waals surface area (Å²) in [6, 6.07) is 5.65. The third kappa shape index (κ3) is 4.85. The van der Waals surface area contributed by atoms with Crippen LogP contribution in [0.15, 0.2) is 24.3 Å². The number of aliphatic hydroxyl groups excluding tert-OH is 1. The highest BCUT2D eigenvalue weighted by atomic mass is 19.4. The van der Waals surface area contributed by atoms with E-state index < -0.39 is 23.9 Å². The summed E-state index contributed by atoms with van der Waals surface area (Å²) in [5.74, 6) is -1.30. The van der Waals surface area contributed by atoms with E-state index in [1.165, 1.54) is 18.2 Å². The molecule has 1 aromatic rings. The molecule has 5 nitrogen and oxygen atoms in total. The fraction of sp³-hybridized carbons (Fsp3) is 0.588. The topological polar surface area (TPSA) is 70.0 Å². The number of piperidine rings is 1. The molecule has 140 valence electrons. The third-order valence-corrected chi connectivity index (χ3v) is 4.60. The molecule has 2 atom stereocenters. The summed E-state index contributed by atoms with van der Waals surface area (Å²) < 4.78 is 40.8. The normalized spacial score (nSPS) is 24.9. The summed E-state index contributed by atoms with van der Waals surface area (Å²) in [7, 11) is 0. The lowest BCUT2D eigenvalue weighted by atomic mass is 9.73. The summed E-state index contributed by atoms with van der Waals surface area (Å²) in [6.07, 6.45) is -4.42. The van der Waals surface area contributed by atoms with Crippen LogP contribution in [0, 0.1) is 5.41 Å². The Balaban J connectivity index is 2.04. The van der Waals surface area contributed by atoms with Crippen LogP contribution >= 0.6 is 0 Å². The van der Waals surface area contributed by atoms with Crippen molar-refractivity contribution in [2.45, 2.75) is 45.2 Å². The lowest BCUT2D eigenvalue weighted by Crippen LogP contribution is -2.54. The van der Waals surface area contributed by atoms with Crippen LogP contribution in [-0.2, 0) is 11.3 Å². The first-order chi connectivity index (χ1) is 11.7. The number of ether oxygens (including phenoxy) is 1. The smallest absolute Gasteiger partial charge is 0.481 e. The molecule has 0 amide bonds. The van der Waals surface area contributed by atoms with Gasteiger partial charge in [-0.05, 0) is 37.1 Å².